The molecule has 1 rings (SSSR count). The van der Waals surface area contributed by atoms with Crippen LogP contribution in [0.25, 0.3) is 0 Å². The third kappa shape index (κ3) is 3.61. The van der Waals surface area contributed by atoms with E-state index in [0.29, 0.717) is 0 Å². The van der Waals surface area contributed by atoms with Crippen molar-refractivity contribution in [2.45, 2.75) is 38.5 Å². The molecule has 0 amide bonds. The quantitative estimate of drug-likeness (QED) is 0.580. The summed E-state index contributed by atoms with van der Waals surface area (Å²) in [5.74, 6) is 0.969. The SMILES string of the molecule is C=C/C1=C/CCCCCCCO1. The third-order valence-corrected chi connectivity index (χ3v) is 2.16. The van der Waals surface area contributed by atoms with Gasteiger partial charge in [0.25, 0.3) is 0 Å². The van der Waals surface area contributed by atoms with Crippen molar-refractivity contribution in [2.24, 2.45) is 0 Å². The van der Waals surface area contributed by atoms with Gasteiger partial charge in [0.15, 0.2) is 0 Å². The van der Waals surface area contributed by atoms with Gasteiger partial charge in [-0.25, -0.2) is 0 Å². The monoisotopic (exact) mass is 166 g/mol. The Balaban J connectivity index is 2.37. The van der Waals surface area contributed by atoms with Gasteiger partial charge in [-0.15, -0.1) is 0 Å². The Kier molecular flexibility index (Phi) is 4.58. The van der Waals surface area contributed by atoms with Crippen LogP contribution in [-0.4, -0.2) is 6.61 Å². The van der Waals surface area contributed by atoms with Gasteiger partial charge in [-0.3, -0.25) is 0 Å². The van der Waals surface area contributed by atoms with Crippen LogP contribution in [0.4, 0.5) is 0 Å². The van der Waals surface area contributed by atoms with E-state index in [1.807, 2.05) is 6.08 Å². The Morgan fingerprint density at radius 3 is 2.75 bits per heavy atom. The van der Waals surface area contributed by atoms with E-state index >= 15 is 0 Å². The first-order chi connectivity index (χ1) is 5.93. The number of allylic oxidation sites excluding steroid dienone is 2. The Labute approximate surface area is 75.1 Å². The lowest BCUT2D eigenvalue weighted by Crippen LogP contribution is -1.95. The number of hydrogen-bond donors (Lipinski definition) is 0. The van der Waals surface area contributed by atoms with Crippen LogP contribution in [0.3, 0.4) is 0 Å². The molecule has 0 fully saturated rings. The van der Waals surface area contributed by atoms with Gasteiger partial charge in [0, 0.05) is 0 Å². The van der Waals surface area contributed by atoms with E-state index in [0.717, 1.165) is 18.8 Å². The zero-order valence-corrected chi connectivity index (χ0v) is 7.72. The predicted molar refractivity (Wildman–Crippen MR) is 51.9 cm³/mol. The van der Waals surface area contributed by atoms with Crippen molar-refractivity contribution in [1.82, 2.24) is 0 Å². The van der Waals surface area contributed by atoms with Crippen molar-refractivity contribution in [3.8, 4) is 0 Å². The summed E-state index contributed by atoms with van der Waals surface area (Å²) in [6.07, 6.45) is 11.6. The summed E-state index contributed by atoms with van der Waals surface area (Å²) in [4.78, 5) is 0. The van der Waals surface area contributed by atoms with Crippen LogP contribution in [0.15, 0.2) is 24.5 Å². The highest BCUT2D eigenvalue weighted by molar-refractivity contribution is 5.08. The first-order valence-electron chi connectivity index (χ1n) is 4.89. The topological polar surface area (TPSA) is 9.23 Å². The molecule has 68 valence electrons. The first-order valence-corrected chi connectivity index (χ1v) is 4.89. The molecule has 0 aliphatic carbocycles. The highest BCUT2D eigenvalue weighted by atomic mass is 16.5. The molecule has 0 aromatic rings. The van der Waals surface area contributed by atoms with E-state index in [2.05, 4.69) is 12.7 Å². The van der Waals surface area contributed by atoms with Crippen LogP contribution >= 0.6 is 0 Å². The van der Waals surface area contributed by atoms with Crippen molar-refractivity contribution < 1.29 is 4.74 Å². The molecule has 1 heterocycles. The second-order valence-electron chi connectivity index (χ2n) is 3.22. The highest BCUT2D eigenvalue weighted by Gasteiger charge is 1.97. The van der Waals surface area contributed by atoms with E-state index in [1.165, 1.54) is 32.1 Å². The molecule has 0 atom stereocenters. The van der Waals surface area contributed by atoms with Crippen LogP contribution in [0.5, 0.6) is 0 Å². The zero-order valence-electron chi connectivity index (χ0n) is 7.72. The van der Waals surface area contributed by atoms with Crippen molar-refractivity contribution in [3.63, 3.8) is 0 Å². The fourth-order valence-corrected chi connectivity index (χ4v) is 1.41. The Hall–Kier alpha value is -0.720. The Morgan fingerprint density at radius 1 is 1.17 bits per heavy atom. The molecule has 0 aromatic carbocycles. The van der Waals surface area contributed by atoms with Crippen molar-refractivity contribution in [1.29, 1.82) is 0 Å². The largest absolute Gasteiger partial charge is 0.494 e. The molecule has 12 heavy (non-hydrogen) atoms. The summed E-state index contributed by atoms with van der Waals surface area (Å²) in [5.41, 5.74) is 0. The van der Waals surface area contributed by atoms with Crippen LogP contribution < -0.4 is 0 Å². The Bertz CT molecular complexity index is 158. The summed E-state index contributed by atoms with van der Waals surface area (Å²) in [5, 5.41) is 0. The van der Waals surface area contributed by atoms with Gasteiger partial charge in [0.2, 0.25) is 0 Å². The van der Waals surface area contributed by atoms with Crippen molar-refractivity contribution in [2.75, 3.05) is 6.61 Å². The molecule has 0 saturated heterocycles. The van der Waals surface area contributed by atoms with Gasteiger partial charge < -0.3 is 4.74 Å². The van der Waals surface area contributed by atoms with E-state index in [1.54, 1.807) is 0 Å². The average molecular weight is 166 g/mol. The minimum atomic E-state index is 0.859. The molecular formula is C11H18O. The van der Waals surface area contributed by atoms with Gasteiger partial charge in [0.05, 0.1) is 6.61 Å². The second-order valence-corrected chi connectivity index (χ2v) is 3.22. The lowest BCUT2D eigenvalue weighted by atomic mass is 10.1. The van der Waals surface area contributed by atoms with E-state index in [-0.39, 0.29) is 0 Å². The molecule has 0 unspecified atom stereocenters. The zero-order chi connectivity index (χ0) is 8.65. The maximum atomic E-state index is 5.51. The van der Waals surface area contributed by atoms with Gasteiger partial charge in [-0.1, -0.05) is 25.8 Å². The molecular weight excluding hydrogens is 148 g/mol. The minimum absolute atomic E-state index is 0.859. The van der Waals surface area contributed by atoms with Crippen LogP contribution in [0.2, 0.25) is 0 Å². The lowest BCUT2D eigenvalue weighted by molar-refractivity contribution is 0.214. The number of ether oxygens (including phenoxy) is 1. The number of rotatable bonds is 1. The van der Waals surface area contributed by atoms with Crippen LogP contribution in [0.1, 0.15) is 38.5 Å². The lowest BCUT2D eigenvalue weighted by Gasteiger charge is -2.09. The van der Waals surface area contributed by atoms with Crippen LogP contribution in [0, 0.1) is 0 Å². The Morgan fingerprint density at radius 2 is 1.92 bits per heavy atom. The first kappa shape index (κ1) is 9.37. The van der Waals surface area contributed by atoms with E-state index < -0.39 is 0 Å². The molecule has 1 aliphatic rings. The second kappa shape index (κ2) is 5.87. The van der Waals surface area contributed by atoms with Crippen molar-refractivity contribution >= 4 is 0 Å². The smallest absolute Gasteiger partial charge is 0.114 e. The molecule has 0 aromatic heterocycles. The average Bonchev–Trinajstić information content (AvgIpc) is 2.14. The van der Waals surface area contributed by atoms with Gasteiger partial charge >= 0.3 is 0 Å². The normalized spacial score (nSPS) is 24.8. The maximum absolute atomic E-state index is 5.51. The minimum Gasteiger partial charge on any atom is -0.494 e. The summed E-state index contributed by atoms with van der Waals surface area (Å²) in [6, 6.07) is 0. The molecule has 0 radical (unpaired) electrons. The maximum Gasteiger partial charge on any atom is 0.114 e. The molecule has 1 heteroatoms. The van der Waals surface area contributed by atoms with Crippen LogP contribution in [-0.2, 0) is 4.74 Å². The standard InChI is InChI=1S/C11H18O/c1-2-11-9-7-5-3-4-6-8-10-12-11/h2,9H,1,3-8,10H2/b11-9-. The number of hydrogen-bond acceptors (Lipinski definition) is 1. The summed E-state index contributed by atoms with van der Waals surface area (Å²) >= 11 is 0. The van der Waals surface area contributed by atoms with Crippen molar-refractivity contribution in [3.05, 3.63) is 24.5 Å². The molecule has 0 bridgehead atoms. The van der Waals surface area contributed by atoms with E-state index in [9.17, 15) is 0 Å². The third-order valence-electron chi connectivity index (χ3n) is 2.16. The summed E-state index contributed by atoms with van der Waals surface area (Å²) < 4.78 is 5.51. The molecule has 1 aliphatic heterocycles. The van der Waals surface area contributed by atoms with Gasteiger partial charge in [-0.2, -0.15) is 0 Å². The molecule has 0 N–H and O–H groups in total. The highest BCUT2D eigenvalue weighted by Crippen LogP contribution is 2.11. The molecule has 0 saturated carbocycles. The molecule has 1 nitrogen and oxygen atoms in total. The molecule has 0 spiro atoms. The van der Waals surface area contributed by atoms with E-state index in [4.69, 9.17) is 4.74 Å². The van der Waals surface area contributed by atoms with Gasteiger partial charge in [-0.05, 0) is 31.4 Å². The van der Waals surface area contributed by atoms with Gasteiger partial charge in [0.1, 0.15) is 5.76 Å². The summed E-state index contributed by atoms with van der Waals surface area (Å²) in [6.45, 7) is 4.58. The summed E-state index contributed by atoms with van der Waals surface area (Å²) in [7, 11) is 0. The fourth-order valence-electron chi connectivity index (χ4n) is 1.41. The fraction of sp³-hybridized carbons (Fsp3) is 0.636. The predicted octanol–water partition coefficient (Wildman–Crippen LogP) is 3.43.